The minimum Gasteiger partial charge on any atom is -0.363 e. The summed E-state index contributed by atoms with van der Waals surface area (Å²) in [4.78, 5) is 17.4. The van der Waals surface area contributed by atoms with Crippen molar-refractivity contribution in [2.75, 3.05) is 18.0 Å². The molecule has 2 fully saturated rings. The second-order valence-corrected chi connectivity index (χ2v) is 8.60. The summed E-state index contributed by atoms with van der Waals surface area (Å²) in [5, 5.41) is 0. The van der Waals surface area contributed by atoms with Crippen LogP contribution in [0.5, 0.6) is 0 Å². The average molecular weight is 366 g/mol. The number of rotatable bonds is 2. The van der Waals surface area contributed by atoms with E-state index < -0.39 is 0 Å². The number of anilines is 1. The van der Waals surface area contributed by atoms with Crippen molar-refractivity contribution in [3.8, 4) is 0 Å². The molecule has 2 aliphatic rings. The van der Waals surface area contributed by atoms with Gasteiger partial charge in [-0.1, -0.05) is 17.7 Å². The lowest BCUT2D eigenvalue weighted by Gasteiger charge is -2.42. The van der Waals surface area contributed by atoms with Gasteiger partial charge in [-0.3, -0.25) is 4.79 Å². The van der Waals surface area contributed by atoms with Crippen LogP contribution < -0.4 is 4.90 Å². The molecule has 0 aromatic heterocycles. The normalized spacial score (nSPS) is 24.0. The molecule has 0 bridgehead atoms. The van der Waals surface area contributed by atoms with Crippen LogP contribution in [0.4, 0.5) is 10.1 Å². The predicted octanol–water partition coefficient (Wildman–Crippen LogP) is 4.65. The van der Waals surface area contributed by atoms with Crippen molar-refractivity contribution in [1.82, 2.24) is 4.90 Å². The lowest BCUT2D eigenvalue weighted by molar-refractivity contribution is 0.0667. The van der Waals surface area contributed by atoms with Crippen LogP contribution in [0.3, 0.4) is 0 Å². The third kappa shape index (κ3) is 3.33. The standard InChI is InChI=1S/C23H27FN2O/c1-16-5-4-6-17(13-16)22(27)25-12-11-21-18(15-25)14-23(2,3)26(21)20-9-7-19(24)8-10-20/h4-10,13,18,21H,11-12,14-15H2,1-3H3/t18-,21+/m1/s1. The molecule has 3 nitrogen and oxygen atoms in total. The second-order valence-electron chi connectivity index (χ2n) is 8.60. The first-order chi connectivity index (χ1) is 12.8. The fourth-order valence-corrected chi connectivity index (χ4v) is 5.04. The van der Waals surface area contributed by atoms with Crippen LogP contribution in [-0.2, 0) is 0 Å². The van der Waals surface area contributed by atoms with Crippen molar-refractivity contribution in [3.05, 3.63) is 65.5 Å². The molecular formula is C23H27FN2O. The van der Waals surface area contributed by atoms with Crippen molar-refractivity contribution < 1.29 is 9.18 Å². The van der Waals surface area contributed by atoms with Gasteiger partial charge in [-0.2, -0.15) is 0 Å². The number of carbonyl (C=O) groups is 1. The van der Waals surface area contributed by atoms with E-state index in [9.17, 15) is 9.18 Å². The van der Waals surface area contributed by atoms with E-state index in [1.54, 1.807) is 0 Å². The lowest BCUT2D eigenvalue weighted by atomic mass is 9.89. The highest BCUT2D eigenvalue weighted by molar-refractivity contribution is 5.94. The Morgan fingerprint density at radius 3 is 2.59 bits per heavy atom. The Hall–Kier alpha value is -2.36. The van der Waals surface area contributed by atoms with Crippen LogP contribution in [0.1, 0.15) is 42.6 Å². The highest BCUT2D eigenvalue weighted by atomic mass is 19.1. The minimum absolute atomic E-state index is 0.00441. The molecule has 1 amide bonds. The first kappa shape index (κ1) is 18.0. The highest BCUT2D eigenvalue weighted by Gasteiger charge is 2.48. The van der Waals surface area contributed by atoms with Gasteiger partial charge in [0.05, 0.1) is 0 Å². The minimum atomic E-state index is -0.203. The number of amides is 1. The summed E-state index contributed by atoms with van der Waals surface area (Å²) in [6, 6.07) is 15.1. The fraction of sp³-hybridized carbons (Fsp3) is 0.435. The molecule has 27 heavy (non-hydrogen) atoms. The molecule has 0 unspecified atom stereocenters. The molecule has 0 saturated carbocycles. The van der Waals surface area contributed by atoms with E-state index in [0.717, 1.165) is 42.7 Å². The van der Waals surface area contributed by atoms with Gasteiger partial charge in [0, 0.05) is 35.9 Å². The summed E-state index contributed by atoms with van der Waals surface area (Å²) >= 11 is 0. The molecule has 2 aromatic carbocycles. The van der Waals surface area contributed by atoms with Crippen LogP contribution >= 0.6 is 0 Å². The number of aryl methyl sites for hydroxylation is 1. The van der Waals surface area contributed by atoms with Gasteiger partial charge < -0.3 is 9.80 Å². The number of nitrogens with zero attached hydrogens (tertiary/aromatic N) is 2. The van der Waals surface area contributed by atoms with Crippen molar-refractivity contribution in [2.24, 2.45) is 5.92 Å². The van der Waals surface area contributed by atoms with E-state index in [0.29, 0.717) is 12.0 Å². The summed E-state index contributed by atoms with van der Waals surface area (Å²) < 4.78 is 13.4. The molecule has 2 atom stereocenters. The number of likely N-dealkylation sites (tertiary alicyclic amines) is 1. The predicted molar refractivity (Wildman–Crippen MR) is 107 cm³/mol. The first-order valence-corrected chi connectivity index (χ1v) is 9.76. The van der Waals surface area contributed by atoms with Gasteiger partial charge in [0.15, 0.2) is 0 Å². The first-order valence-electron chi connectivity index (χ1n) is 9.76. The zero-order chi connectivity index (χ0) is 19.2. The van der Waals surface area contributed by atoms with E-state index >= 15 is 0 Å². The van der Waals surface area contributed by atoms with Gasteiger partial charge in [0.25, 0.3) is 5.91 Å². The molecule has 0 aliphatic carbocycles. The van der Waals surface area contributed by atoms with Gasteiger partial charge in [0.2, 0.25) is 0 Å². The van der Waals surface area contributed by atoms with Gasteiger partial charge >= 0.3 is 0 Å². The molecule has 0 N–H and O–H groups in total. The average Bonchev–Trinajstić information content (AvgIpc) is 2.91. The van der Waals surface area contributed by atoms with E-state index in [-0.39, 0.29) is 17.3 Å². The fourth-order valence-electron chi connectivity index (χ4n) is 5.04. The van der Waals surface area contributed by atoms with Gasteiger partial charge in [-0.05, 0) is 75.9 Å². The van der Waals surface area contributed by atoms with Gasteiger partial charge in [0.1, 0.15) is 5.82 Å². The van der Waals surface area contributed by atoms with Gasteiger partial charge in [-0.25, -0.2) is 4.39 Å². The van der Waals surface area contributed by atoms with E-state index in [4.69, 9.17) is 0 Å². The topological polar surface area (TPSA) is 23.6 Å². The smallest absolute Gasteiger partial charge is 0.253 e. The highest BCUT2D eigenvalue weighted by Crippen LogP contribution is 2.44. The van der Waals surface area contributed by atoms with Gasteiger partial charge in [-0.15, -0.1) is 0 Å². The largest absolute Gasteiger partial charge is 0.363 e. The monoisotopic (exact) mass is 366 g/mol. The summed E-state index contributed by atoms with van der Waals surface area (Å²) in [6.07, 6.45) is 1.98. The SMILES string of the molecule is Cc1cccc(C(=O)N2CC[C@H]3[C@@H](C2)CC(C)(C)N3c2ccc(F)cc2)c1. The quantitative estimate of drug-likeness (QED) is 0.772. The number of piperidine rings is 1. The molecular weight excluding hydrogens is 339 g/mol. The molecule has 2 heterocycles. The molecule has 142 valence electrons. The molecule has 0 spiro atoms. The number of hydrogen-bond donors (Lipinski definition) is 0. The summed E-state index contributed by atoms with van der Waals surface area (Å²) in [7, 11) is 0. The molecule has 2 saturated heterocycles. The van der Waals surface area contributed by atoms with Crippen LogP contribution in [0.25, 0.3) is 0 Å². The summed E-state index contributed by atoms with van der Waals surface area (Å²) in [5.74, 6) is 0.369. The number of halogens is 1. The van der Waals surface area contributed by atoms with Crippen molar-refractivity contribution in [3.63, 3.8) is 0 Å². The number of benzene rings is 2. The number of hydrogen-bond acceptors (Lipinski definition) is 2. The number of carbonyl (C=O) groups excluding carboxylic acids is 1. The van der Waals surface area contributed by atoms with Crippen LogP contribution in [-0.4, -0.2) is 35.5 Å². The van der Waals surface area contributed by atoms with Crippen molar-refractivity contribution >= 4 is 11.6 Å². The Labute approximate surface area is 160 Å². The lowest BCUT2D eigenvalue weighted by Crippen LogP contribution is -2.50. The second kappa shape index (κ2) is 6.66. The zero-order valence-electron chi connectivity index (χ0n) is 16.3. The Morgan fingerprint density at radius 2 is 1.89 bits per heavy atom. The molecule has 2 aliphatic heterocycles. The molecule has 2 aromatic rings. The Bertz CT molecular complexity index is 846. The van der Waals surface area contributed by atoms with E-state index in [1.807, 2.05) is 48.2 Å². The Balaban J connectivity index is 1.54. The van der Waals surface area contributed by atoms with E-state index in [2.05, 4.69) is 18.7 Å². The maximum Gasteiger partial charge on any atom is 0.253 e. The number of fused-ring (bicyclic) bond motifs is 1. The maximum absolute atomic E-state index is 13.4. The third-order valence-electron chi connectivity index (χ3n) is 6.10. The maximum atomic E-state index is 13.4. The van der Waals surface area contributed by atoms with Crippen LogP contribution in [0, 0.1) is 18.7 Å². The van der Waals surface area contributed by atoms with Crippen molar-refractivity contribution in [1.29, 1.82) is 0 Å². The Kier molecular flexibility index (Phi) is 4.45. The zero-order valence-corrected chi connectivity index (χ0v) is 16.3. The van der Waals surface area contributed by atoms with Crippen LogP contribution in [0.15, 0.2) is 48.5 Å². The molecule has 0 radical (unpaired) electrons. The summed E-state index contributed by atoms with van der Waals surface area (Å²) in [5.41, 5.74) is 2.96. The third-order valence-corrected chi connectivity index (χ3v) is 6.10. The summed E-state index contributed by atoms with van der Waals surface area (Å²) in [6.45, 7) is 8.08. The van der Waals surface area contributed by atoms with E-state index in [1.165, 1.54) is 12.1 Å². The van der Waals surface area contributed by atoms with Crippen molar-refractivity contribution in [2.45, 2.75) is 45.2 Å². The molecule has 4 heteroatoms. The molecule has 4 rings (SSSR count). The Morgan fingerprint density at radius 1 is 1.15 bits per heavy atom. The van der Waals surface area contributed by atoms with Crippen LogP contribution in [0.2, 0.25) is 0 Å².